The summed E-state index contributed by atoms with van der Waals surface area (Å²) in [5.74, 6) is 0. The Bertz CT molecular complexity index is 557. The van der Waals surface area contributed by atoms with E-state index in [4.69, 9.17) is 9.97 Å². The van der Waals surface area contributed by atoms with Gasteiger partial charge in [0.15, 0.2) is 0 Å². The van der Waals surface area contributed by atoms with E-state index in [1.54, 1.807) is 0 Å². The number of fused-ring (bicyclic) bond motifs is 2. The molecular formula is C14H12Br2N2. The average Bonchev–Trinajstić information content (AvgIpc) is 2.40. The van der Waals surface area contributed by atoms with E-state index in [-0.39, 0.29) is 9.65 Å². The lowest BCUT2D eigenvalue weighted by atomic mass is 10.1. The minimum absolute atomic E-state index is 0.237. The summed E-state index contributed by atoms with van der Waals surface area (Å²) in [4.78, 5) is 10.0. The zero-order valence-electron chi connectivity index (χ0n) is 9.68. The third kappa shape index (κ3) is 2.24. The normalized spacial score (nSPS) is 23.4. The minimum atomic E-state index is 0.237. The second-order valence-electron chi connectivity index (χ2n) is 4.36. The Labute approximate surface area is 123 Å². The standard InChI is InChI=1S/C14H12Br2N2/c15-9-5-1-2-6-10(16)14-13(9)17-11-7-3-4-8-12(11)18-14/h1-4,7-10H,5-6H2/t9-,10-/m0/s1. The van der Waals surface area contributed by atoms with Crippen LogP contribution in [0.3, 0.4) is 0 Å². The van der Waals surface area contributed by atoms with Crippen molar-refractivity contribution in [3.05, 3.63) is 47.8 Å². The summed E-state index contributed by atoms with van der Waals surface area (Å²) in [5, 5.41) is 0. The number of rotatable bonds is 0. The fourth-order valence-corrected chi connectivity index (χ4v) is 3.25. The molecule has 0 radical (unpaired) electrons. The molecule has 92 valence electrons. The maximum absolute atomic E-state index is 4.78. The van der Waals surface area contributed by atoms with Crippen LogP contribution in [0.15, 0.2) is 36.4 Å². The number of para-hydroxylation sites is 2. The van der Waals surface area contributed by atoms with Crippen LogP contribution in [0.4, 0.5) is 0 Å². The van der Waals surface area contributed by atoms with Gasteiger partial charge in [-0.05, 0) is 25.0 Å². The van der Waals surface area contributed by atoms with Crippen molar-refractivity contribution in [2.45, 2.75) is 22.5 Å². The lowest BCUT2D eigenvalue weighted by Gasteiger charge is -2.18. The number of nitrogens with zero attached hydrogens (tertiary/aromatic N) is 2. The quantitative estimate of drug-likeness (QED) is 0.491. The Balaban J connectivity index is 2.23. The molecule has 2 atom stereocenters. The molecule has 3 rings (SSSR count). The molecular weight excluding hydrogens is 356 g/mol. The molecule has 1 aromatic heterocycles. The highest BCUT2D eigenvalue weighted by Crippen LogP contribution is 2.37. The molecule has 1 aliphatic rings. The van der Waals surface area contributed by atoms with Crippen molar-refractivity contribution in [2.24, 2.45) is 0 Å². The van der Waals surface area contributed by atoms with Gasteiger partial charge in [-0.25, -0.2) is 9.97 Å². The van der Waals surface area contributed by atoms with E-state index in [1.807, 2.05) is 24.3 Å². The lowest BCUT2D eigenvalue weighted by Crippen LogP contribution is -2.07. The van der Waals surface area contributed by atoms with Crippen LogP contribution in [0.1, 0.15) is 33.9 Å². The van der Waals surface area contributed by atoms with Crippen LogP contribution in [-0.2, 0) is 0 Å². The molecule has 0 saturated carbocycles. The highest BCUT2D eigenvalue weighted by molar-refractivity contribution is 9.09. The Morgan fingerprint density at radius 2 is 1.28 bits per heavy atom. The molecule has 0 amide bonds. The SMILES string of the molecule is Br[C@H]1CC=CC[C@H](Br)c2nc3ccccc3nc21. The maximum Gasteiger partial charge on any atom is 0.0890 e. The predicted octanol–water partition coefficient (Wildman–Crippen LogP) is 4.85. The Hall–Kier alpha value is -0.740. The van der Waals surface area contributed by atoms with Crippen molar-refractivity contribution >= 4 is 42.9 Å². The predicted molar refractivity (Wildman–Crippen MR) is 81.2 cm³/mol. The van der Waals surface area contributed by atoms with Crippen molar-refractivity contribution in [1.29, 1.82) is 0 Å². The number of halogens is 2. The smallest absolute Gasteiger partial charge is 0.0890 e. The average molecular weight is 368 g/mol. The molecule has 1 aliphatic carbocycles. The van der Waals surface area contributed by atoms with E-state index in [1.165, 1.54) is 0 Å². The summed E-state index contributed by atoms with van der Waals surface area (Å²) in [6.45, 7) is 0. The van der Waals surface area contributed by atoms with Crippen LogP contribution in [0.2, 0.25) is 0 Å². The van der Waals surface area contributed by atoms with Gasteiger partial charge in [0, 0.05) is 0 Å². The maximum atomic E-state index is 4.78. The van der Waals surface area contributed by atoms with E-state index in [0.717, 1.165) is 35.3 Å². The Morgan fingerprint density at radius 3 is 1.72 bits per heavy atom. The third-order valence-electron chi connectivity index (χ3n) is 3.07. The topological polar surface area (TPSA) is 25.8 Å². The first kappa shape index (κ1) is 12.3. The summed E-state index contributed by atoms with van der Waals surface area (Å²) in [6, 6.07) is 8.03. The zero-order valence-corrected chi connectivity index (χ0v) is 12.9. The van der Waals surface area contributed by atoms with E-state index in [9.17, 15) is 0 Å². The molecule has 0 fully saturated rings. The summed E-state index contributed by atoms with van der Waals surface area (Å²) >= 11 is 7.42. The first-order valence-corrected chi connectivity index (χ1v) is 7.78. The fourth-order valence-electron chi connectivity index (χ4n) is 2.14. The van der Waals surface area contributed by atoms with Crippen molar-refractivity contribution in [2.75, 3.05) is 0 Å². The molecule has 0 bridgehead atoms. The van der Waals surface area contributed by atoms with Gasteiger partial charge in [-0.15, -0.1) is 0 Å². The first-order valence-electron chi connectivity index (χ1n) is 5.95. The number of allylic oxidation sites excluding steroid dienone is 2. The molecule has 2 nitrogen and oxygen atoms in total. The highest BCUT2D eigenvalue weighted by atomic mass is 79.9. The molecule has 2 aromatic rings. The Kier molecular flexibility index (Phi) is 3.48. The molecule has 0 N–H and O–H groups in total. The molecule has 0 aliphatic heterocycles. The molecule has 1 heterocycles. The van der Waals surface area contributed by atoms with E-state index >= 15 is 0 Å². The van der Waals surface area contributed by atoms with Crippen LogP contribution in [0.5, 0.6) is 0 Å². The van der Waals surface area contributed by atoms with Crippen LogP contribution < -0.4 is 0 Å². The van der Waals surface area contributed by atoms with Crippen LogP contribution >= 0.6 is 31.9 Å². The summed E-state index contributed by atoms with van der Waals surface area (Å²) in [6.07, 6.45) is 6.32. The Morgan fingerprint density at radius 1 is 0.833 bits per heavy atom. The molecule has 0 unspecified atom stereocenters. The van der Waals surface area contributed by atoms with Crippen molar-refractivity contribution < 1.29 is 0 Å². The van der Waals surface area contributed by atoms with Gasteiger partial charge in [-0.2, -0.15) is 0 Å². The van der Waals surface area contributed by atoms with Gasteiger partial charge in [0.1, 0.15) is 0 Å². The van der Waals surface area contributed by atoms with E-state index in [2.05, 4.69) is 44.0 Å². The van der Waals surface area contributed by atoms with E-state index < -0.39 is 0 Å². The molecule has 4 heteroatoms. The second-order valence-corrected chi connectivity index (χ2v) is 6.57. The summed E-state index contributed by atoms with van der Waals surface area (Å²) < 4.78 is 0. The number of benzene rings is 1. The second kappa shape index (κ2) is 5.10. The van der Waals surface area contributed by atoms with Crippen LogP contribution in [-0.4, -0.2) is 9.97 Å². The van der Waals surface area contributed by atoms with Crippen molar-refractivity contribution in [1.82, 2.24) is 9.97 Å². The summed E-state index contributed by atoms with van der Waals surface area (Å²) in [5.41, 5.74) is 4.04. The largest absolute Gasteiger partial charge is 0.248 e. The van der Waals surface area contributed by atoms with Gasteiger partial charge in [-0.1, -0.05) is 56.1 Å². The fraction of sp³-hybridized carbons (Fsp3) is 0.286. The van der Waals surface area contributed by atoms with Crippen LogP contribution in [0.25, 0.3) is 11.0 Å². The van der Waals surface area contributed by atoms with Gasteiger partial charge in [0.2, 0.25) is 0 Å². The van der Waals surface area contributed by atoms with E-state index in [0.29, 0.717) is 0 Å². The van der Waals surface area contributed by atoms with Gasteiger partial charge in [0.05, 0.1) is 32.1 Å². The molecule has 18 heavy (non-hydrogen) atoms. The number of hydrogen-bond donors (Lipinski definition) is 0. The summed E-state index contributed by atoms with van der Waals surface area (Å²) in [7, 11) is 0. The molecule has 0 saturated heterocycles. The van der Waals surface area contributed by atoms with Crippen molar-refractivity contribution in [3.8, 4) is 0 Å². The minimum Gasteiger partial charge on any atom is -0.248 e. The van der Waals surface area contributed by atoms with Gasteiger partial charge >= 0.3 is 0 Å². The number of alkyl halides is 2. The molecule has 1 aromatic carbocycles. The number of aromatic nitrogens is 2. The van der Waals surface area contributed by atoms with Gasteiger partial charge < -0.3 is 0 Å². The monoisotopic (exact) mass is 366 g/mol. The third-order valence-corrected chi connectivity index (χ3v) is 4.69. The first-order chi connectivity index (χ1) is 8.75. The van der Waals surface area contributed by atoms with Crippen molar-refractivity contribution in [3.63, 3.8) is 0 Å². The van der Waals surface area contributed by atoms with Gasteiger partial charge in [0.25, 0.3) is 0 Å². The lowest BCUT2D eigenvalue weighted by molar-refractivity contribution is 0.822. The molecule has 0 spiro atoms. The highest BCUT2D eigenvalue weighted by Gasteiger charge is 2.22. The number of hydrogen-bond acceptors (Lipinski definition) is 2. The zero-order chi connectivity index (χ0) is 12.5. The van der Waals surface area contributed by atoms with Gasteiger partial charge in [-0.3, -0.25) is 0 Å². The van der Waals surface area contributed by atoms with Crippen LogP contribution in [0, 0.1) is 0 Å².